The Labute approximate surface area is 117 Å². The highest BCUT2D eigenvalue weighted by atomic mass is 19.4. The van der Waals surface area contributed by atoms with Crippen molar-refractivity contribution < 1.29 is 27.9 Å². The number of rotatable bonds is 2. The second kappa shape index (κ2) is 6.88. The number of carbonyl (C=O) groups is 2. The Balaban J connectivity index is 0.000000270. The normalized spacial score (nSPS) is 14.4. The molecule has 1 amide bonds. The number of amides is 1. The predicted molar refractivity (Wildman–Crippen MR) is 67.3 cm³/mol. The summed E-state index contributed by atoms with van der Waals surface area (Å²) in [5.41, 5.74) is 6.11. The highest BCUT2D eigenvalue weighted by Gasteiger charge is 2.38. The number of nitrogens with zero attached hydrogens (tertiary/aromatic N) is 1. The Morgan fingerprint density at radius 2 is 1.95 bits per heavy atom. The average Bonchev–Trinajstić information content (AvgIpc) is 2.29. The van der Waals surface area contributed by atoms with Crippen molar-refractivity contribution in [3.63, 3.8) is 0 Å². The van der Waals surface area contributed by atoms with Gasteiger partial charge in [-0.2, -0.15) is 13.2 Å². The number of nitrogen functional groups attached to an aromatic ring is 1. The first-order chi connectivity index (χ1) is 9.70. The first kappa shape index (κ1) is 16.7. The lowest BCUT2D eigenvalue weighted by Crippen LogP contribution is -2.48. The molecule has 1 aromatic heterocycles. The lowest BCUT2D eigenvalue weighted by atomic mass is 10.0. The Bertz CT molecular complexity index is 500. The third kappa shape index (κ3) is 5.65. The van der Waals surface area contributed by atoms with Gasteiger partial charge < -0.3 is 21.5 Å². The van der Waals surface area contributed by atoms with Crippen LogP contribution in [0.25, 0.3) is 0 Å². The van der Waals surface area contributed by atoms with Crippen LogP contribution in [0.4, 0.5) is 24.7 Å². The highest BCUT2D eigenvalue weighted by Crippen LogP contribution is 2.13. The van der Waals surface area contributed by atoms with Crippen LogP contribution in [-0.4, -0.2) is 41.2 Å². The van der Waals surface area contributed by atoms with Gasteiger partial charge in [0.2, 0.25) is 5.91 Å². The van der Waals surface area contributed by atoms with Gasteiger partial charge in [0.25, 0.3) is 0 Å². The molecule has 5 N–H and O–H groups in total. The molecule has 1 aromatic rings. The number of anilines is 2. The fourth-order valence-corrected chi connectivity index (χ4v) is 1.20. The molecule has 1 fully saturated rings. The SMILES string of the molecule is Nc1ccc(NC(=O)C2CNC2)cn1.O=C(O)C(F)(F)F. The van der Waals surface area contributed by atoms with Crippen molar-refractivity contribution in [3.8, 4) is 0 Å². The summed E-state index contributed by atoms with van der Waals surface area (Å²) in [5, 5.41) is 12.9. The lowest BCUT2D eigenvalue weighted by Gasteiger charge is -2.25. The number of carboxylic acid groups (broad SMARTS) is 1. The first-order valence-corrected chi connectivity index (χ1v) is 5.73. The number of alkyl halides is 3. The summed E-state index contributed by atoms with van der Waals surface area (Å²) in [6.45, 7) is 1.52. The van der Waals surface area contributed by atoms with E-state index in [-0.39, 0.29) is 11.8 Å². The van der Waals surface area contributed by atoms with Crippen molar-refractivity contribution in [2.75, 3.05) is 24.1 Å². The number of nitrogens with two attached hydrogens (primary N) is 1. The second-order valence-corrected chi connectivity index (χ2v) is 4.12. The van der Waals surface area contributed by atoms with Crippen molar-refractivity contribution in [1.29, 1.82) is 0 Å². The fraction of sp³-hybridized carbons (Fsp3) is 0.364. The number of nitrogens with one attached hydrogen (secondary N) is 2. The molecule has 0 saturated carbocycles. The molecule has 7 nitrogen and oxygen atoms in total. The number of aromatic nitrogens is 1. The van der Waals surface area contributed by atoms with Gasteiger partial charge in [0, 0.05) is 13.1 Å². The van der Waals surface area contributed by atoms with Crippen LogP contribution in [0.15, 0.2) is 18.3 Å². The molecule has 0 bridgehead atoms. The summed E-state index contributed by atoms with van der Waals surface area (Å²) in [7, 11) is 0. The number of carboxylic acids is 1. The molecule has 21 heavy (non-hydrogen) atoms. The van der Waals surface area contributed by atoms with E-state index in [1.54, 1.807) is 18.3 Å². The molecule has 0 radical (unpaired) electrons. The predicted octanol–water partition coefficient (Wildman–Crippen LogP) is 0.455. The molecule has 2 rings (SSSR count). The molecule has 1 aliphatic rings. The zero-order chi connectivity index (χ0) is 16.0. The number of carbonyl (C=O) groups excluding carboxylic acids is 1. The van der Waals surface area contributed by atoms with Crippen molar-refractivity contribution in [1.82, 2.24) is 10.3 Å². The minimum atomic E-state index is -5.08. The van der Waals surface area contributed by atoms with Gasteiger partial charge in [0.1, 0.15) is 5.82 Å². The molecular weight excluding hydrogens is 293 g/mol. The summed E-state index contributed by atoms with van der Waals surface area (Å²) in [6.07, 6.45) is -3.53. The quantitative estimate of drug-likeness (QED) is 0.630. The monoisotopic (exact) mass is 306 g/mol. The number of pyridine rings is 1. The minimum absolute atomic E-state index is 0.0373. The van der Waals surface area contributed by atoms with Crippen molar-refractivity contribution in [3.05, 3.63) is 18.3 Å². The molecule has 2 heterocycles. The molecule has 0 spiro atoms. The van der Waals surface area contributed by atoms with E-state index in [9.17, 15) is 18.0 Å². The molecule has 10 heteroatoms. The largest absolute Gasteiger partial charge is 0.490 e. The zero-order valence-corrected chi connectivity index (χ0v) is 10.6. The maximum absolute atomic E-state index is 11.5. The van der Waals surface area contributed by atoms with Crippen molar-refractivity contribution >= 4 is 23.4 Å². The van der Waals surface area contributed by atoms with Crippen LogP contribution >= 0.6 is 0 Å². The van der Waals surface area contributed by atoms with E-state index < -0.39 is 12.1 Å². The number of aliphatic carboxylic acids is 1. The van der Waals surface area contributed by atoms with Gasteiger partial charge in [-0.15, -0.1) is 0 Å². The molecule has 0 unspecified atom stereocenters. The Kier molecular flexibility index (Phi) is 5.47. The van der Waals surface area contributed by atoms with Crippen molar-refractivity contribution in [2.45, 2.75) is 6.18 Å². The molecular formula is C11H13F3N4O3. The third-order valence-corrected chi connectivity index (χ3v) is 2.45. The summed E-state index contributed by atoms with van der Waals surface area (Å²) in [5.74, 6) is -2.18. The third-order valence-electron chi connectivity index (χ3n) is 2.45. The number of hydrogen-bond donors (Lipinski definition) is 4. The minimum Gasteiger partial charge on any atom is -0.475 e. The summed E-state index contributed by atoms with van der Waals surface area (Å²) in [6, 6.07) is 3.40. The first-order valence-electron chi connectivity index (χ1n) is 5.73. The topological polar surface area (TPSA) is 117 Å². The van der Waals surface area contributed by atoms with Gasteiger partial charge in [0.15, 0.2) is 0 Å². The van der Waals surface area contributed by atoms with Gasteiger partial charge in [-0.05, 0) is 12.1 Å². The van der Waals surface area contributed by atoms with Gasteiger partial charge >= 0.3 is 12.1 Å². The highest BCUT2D eigenvalue weighted by molar-refractivity contribution is 5.93. The van der Waals surface area contributed by atoms with Crippen LogP contribution in [0, 0.1) is 5.92 Å². The van der Waals surface area contributed by atoms with Crippen molar-refractivity contribution in [2.24, 2.45) is 5.92 Å². The van der Waals surface area contributed by atoms with Crippen LogP contribution in [0.3, 0.4) is 0 Å². The molecule has 0 aromatic carbocycles. The van der Waals surface area contributed by atoms with Crippen LogP contribution in [0.2, 0.25) is 0 Å². The molecule has 1 aliphatic heterocycles. The van der Waals surface area contributed by atoms with Gasteiger partial charge in [-0.3, -0.25) is 4.79 Å². The summed E-state index contributed by atoms with van der Waals surface area (Å²) >= 11 is 0. The van der Waals surface area contributed by atoms with E-state index in [2.05, 4.69) is 15.6 Å². The molecule has 0 aliphatic carbocycles. The van der Waals surface area contributed by atoms with E-state index in [1.165, 1.54) is 0 Å². The van der Waals surface area contributed by atoms with Crippen LogP contribution in [-0.2, 0) is 9.59 Å². The van der Waals surface area contributed by atoms with Gasteiger partial charge in [-0.1, -0.05) is 0 Å². The summed E-state index contributed by atoms with van der Waals surface area (Å²) in [4.78, 5) is 24.2. The van der Waals surface area contributed by atoms with E-state index in [0.717, 1.165) is 13.1 Å². The second-order valence-electron chi connectivity index (χ2n) is 4.12. The smallest absolute Gasteiger partial charge is 0.475 e. The van der Waals surface area contributed by atoms with Crippen LogP contribution in [0.5, 0.6) is 0 Å². The summed E-state index contributed by atoms with van der Waals surface area (Å²) < 4.78 is 31.7. The Hall–Kier alpha value is -2.36. The Morgan fingerprint density at radius 1 is 1.38 bits per heavy atom. The van der Waals surface area contributed by atoms with Crippen LogP contribution < -0.4 is 16.4 Å². The van der Waals surface area contributed by atoms with Gasteiger partial charge in [-0.25, -0.2) is 9.78 Å². The van der Waals surface area contributed by atoms with E-state index in [4.69, 9.17) is 15.6 Å². The number of hydrogen-bond acceptors (Lipinski definition) is 5. The van der Waals surface area contributed by atoms with E-state index in [0.29, 0.717) is 11.5 Å². The number of halogens is 3. The van der Waals surface area contributed by atoms with E-state index in [1.807, 2.05) is 0 Å². The molecule has 0 atom stereocenters. The average molecular weight is 306 g/mol. The van der Waals surface area contributed by atoms with Gasteiger partial charge in [0.05, 0.1) is 17.8 Å². The zero-order valence-electron chi connectivity index (χ0n) is 10.6. The maximum Gasteiger partial charge on any atom is 0.490 e. The standard InChI is InChI=1S/C9H12N4O.C2HF3O2/c10-8-2-1-7(5-12-8)13-9(14)6-3-11-4-6;3-2(4,5)1(6)7/h1-2,5-6,11H,3-4H2,(H2,10,12)(H,13,14);(H,6,7). The maximum atomic E-state index is 11.5. The molecule has 116 valence electrons. The lowest BCUT2D eigenvalue weighted by molar-refractivity contribution is -0.192. The van der Waals surface area contributed by atoms with Crippen LogP contribution in [0.1, 0.15) is 0 Å². The Morgan fingerprint density at radius 3 is 2.29 bits per heavy atom. The fourth-order valence-electron chi connectivity index (χ4n) is 1.20. The molecule has 1 saturated heterocycles. The van der Waals surface area contributed by atoms with E-state index >= 15 is 0 Å².